The molecule has 0 aliphatic rings. The van der Waals surface area contributed by atoms with Crippen LogP contribution in [0.15, 0.2) is 36.7 Å². The lowest BCUT2D eigenvalue weighted by Gasteiger charge is -2.08. The van der Waals surface area contributed by atoms with Crippen LogP contribution < -0.4 is 4.84 Å². The third-order valence-corrected chi connectivity index (χ3v) is 1.73. The Bertz CT molecular complexity index is 329. The molecule has 0 spiro atoms. The summed E-state index contributed by atoms with van der Waals surface area (Å²) in [6, 6.07) is 5.54. The van der Waals surface area contributed by atoms with E-state index in [0.29, 0.717) is 10.4 Å². The summed E-state index contributed by atoms with van der Waals surface area (Å²) in [5, 5.41) is 0. The van der Waals surface area contributed by atoms with E-state index >= 15 is 0 Å². The van der Waals surface area contributed by atoms with Gasteiger partial charge in [0, 0.05) is 12.6 Å². The zero-order valence-corrected chi connectivity index (χ0v) is 7.80. The van der Waals surface area contributed by atoms with Gasteiger partial charge < -0.3 is 4.84 Å². The molecule has 0 aromatic carbocycles. The fraction of sp³-hybridized carbons (Fsp3) is 0.222. The van der Waals surface area contributed by atoms with Gasteiger partial charge in [0.15, 0.2) is 0 Å². The van der Waals surface area contributed by atoms with Crippen molar-refractivity contribution in [2.45, 2.75) is 13.3 Å². The van der Waals surface area contributed by atoms with Gasteiger partial charge in [0.1, 0.15) is 10.4 Å². The van der Waals surface area contributed by atoms with Gasteiger partial charge in [-0.1, -0.05) is 31.8 Å². The topological polar surface area (TPSA) is 14.2 Å². The fourth-order valence-corrected chi connectivity index (χ4v) is 0.868. The molecule has 1 heterocycles. The van der Waals surface area contributed by atoms with E-state index in [0.717, 1.165) is 6.42 Å². The molecule has 3 heteroatoms. The van der Waals surface area contributed by atoms with Crippen molar-refractivity contribution in [2.75, 3.05) is 0 Å². The summed E-state index contributed by atoms with van der Waals surface area (Å²) in [6.45, 7) is 5.70. The molecule has 12 heavy (non-hydrogen) atoms. The molecule has 0 radical (unpaired) electrons. The van der Waals surface area contributed by atoms with Gasteiger partial charge >= 0.3 is 0 Å². The number of hydrogen-bond donors (Lipinski definition) is 0. The Labute approximate surface area is 77.1 Å². The molecule has 1 aromatic heterocycles. The van der Waals surface area contributed by atoms with Gasteiger partial charge in [-0.2, -0.15) is 4.73 Å². The van der Waals surface area contributed by atoms with Crippen LogP contribution in [0, 0.1) is 4.64 Å². The normalized spacial score (nSPS) is 9.42. The lowest BCUT2D eigenvalue weighted by atomic mass is 10.4. The highest BCUT2D eigenvalue weighted by molar-refractivity contribution is 7.71. The summed E-state index contributed by atoms with van der Waals surface area (Å²) in [5.41, 5.74) is 0. The summed E-state index contributed by atoms with van der Waals surface area (Å²) < 4.78 is 2.17. The number of allylic oxidation sites excluding steroid dienone is 1. The molecule has 1 aromatic rings. The Kier molecular flexibility index (Phi) is 3.05. The van der Waals surface area contributed by atoms with Crippen LogP contribution in [0.5, 0.6) is 0 Å². The smallest absolute Gasteiger partial charge is 0.143 e. The maximum Gasteiger partial charge on any atom is 0.143 e. The van der Waals surface area contributed by atoms with Crippen molar-refractivity contribution in [3.63, 3.8) is 0 Å². The summed E-state index contributed by atoms with van der Waals surface area (Å²) in [6.07, 6.45) is 2.56. The number of hydrogen-bond acceptors (Lipinski definition) is 2. The van der Waals surface area contributed by atoms with Gasteiger partial charge in [-0.05, 0) is 12.1 Å². The molecule has 0 N–H and O–H groups in total. The van der Waals surface area contributed by atoms with Crippen molar-refractivity contribution in [1.29, 1.82) is 0 Å². The SMILES string of the molecule is C=C(CC)On1ccccc1=S. The Hall–Kier alpha value is -1.09. The van der Waals surface area contributed by atoms with E-state index in [9.17, 15) is 0 Å². The van der Waals surface area contributed by atoms with E-state index < -0.39 is 0 Å². The van der Waals surface area contributed by atoms with Gasteiger partial charge in [0.2, 0.25) is 0 Å². The molecule has 0 amide bonds. The molecule has 0 unspecified atom stereocenters. The molecular formula is C9H11NOS. The molecule has 0 atom stereocenters. The maximum atomic E-state index is 5.31. The van der Waals surface area contributed by atoms with Crippen LogP contribution in [0.2, 0.25) is 0 Å². The van der Waals surface area contributed by atoms with E-state index in [1.807, 2.05) is 19.1 Å². The fourth-order valence-electron chi connectivity index (χ4n) is 0.692. The highest BCUT2D eigenvalue weighted by Gasteiger charge is 1.92. The van der Waals surface area contributed by atoms with E-state index in [1.165, 1.54) is 4.73 Å². The zero-order valence-electron chi connectivity index (χ0n) is 6.99. The average Bonchev–Trinajstić information content (AvgIpc) is 2.09. The Morgan fingerprint density at radius 2 is 2.42 bits per heavy atom. The second-order valence-electron chi connectivity index (χ2n) is 2.35. The quantitative estimate of drug-likeness (QED) is 0.525. The number of nitrogens with zero attached hydrogens (tertiary/aromatic N) is 1. The van der Waals surface area contributed by atoms with E-state index in [2.05, 4.69) is 6.58 Å². The monoisotopic (exact) mass is 181 g/mol. The predicted molar refractivity (Wildman–Crippen MR) is 51.3 cm³/mol. The van der Waals surface area contributed by atoms with Gasteiger partial charge in [-0.25, -0.2) is 0 Å². The number of pyridine rings is 1. The molecule has 0 aliphatic heterocycles. The molecule has 0 saturated heterocycles. The van der Waals surface area contributed by atoms with Crippen LogP contribution in [-0.2, 0) is 0 Å². The predicted octanol–water partition coefficient (Wildman–Crippen LogP) is 2.57. The van der Waals surface area contributed by atoms with Crippen molar-refractivity contribution in [2.24, 2.45) is 0 Å². The first kappa shape index (κ1) is 9.00. The van der Waals surface area contributed by atoms with Gasteiger partial charge in [0.25, 0.3) is 0 Å². The number of aromatic nitrogens is 1. The minimum atomic E-state index is 0.645. The minimum absolute atomic E-state index is 0.645. The number of rotatable bonds is 3. The van der Waals surface area contributed by atoms with E-state index in [-0.39, 0.29) is 0 Å². The summed E-state index contributed by atoms with van der Waals surface area (Å²) in [4.78, 5) is 5.31. The first-order chi connectivity index (χ1) is 5.74. The van der Waals surface area contributed by atoms with Crippen LogP contribution in [0.4, 0.5) is 0 Å². The summed E-state index contributed by atoms with van der Waals surface area (Å²) >= 11 is 5.02. The van der Waals surface area contributed by atoms with Crippen molar-refractivity contribution < 1.29 is 4.84 Å². The summed E-state index contributed by atoms with van der Waals surface area (Å²) in [7, 11) is 0. The molecule has 64 valence electrons. The standard InChI is InChI=1S/C9H11NOS/c1-3-8(2)11-10-7-5-4-6-9(10)12/h4-7H,2-3H2,1H3. The largest absolute Gasteiger partial charge is 0.380 e. The molecule has 0 saturated carbocycles. The highest BCUT2D eigenvalue weighted by Crippen LogP contribution is 1.97. The summed E-state index contributed by atoms with van der Waals surface area (Å²) in [5.74, 6) is 0.706. The van der Waals surface area contributed by atoms with Crippen LogP contribution >= 0.6 is 12.2 Å². The van der Waals surface area contributed by atoms with Crippen molar-refractivity contribution in [3.8, 4) is 0 Å². The molecule has 1 rings (SSSR count). The Balaban J connectivity index is 2.83. The second kappa shape index (κ2) is 4.07. The molecular weight excluding hydrogens is 170 g/mol. The van der Waals surface area contributed by atoms with E-state index in [1.54, 1.807) is 12.3 Å². The first-order valence-electron chi connectivity index (χ1n) is 3.78. The van der Waals surface area contributed by atoms with E-state index in [4.69, 9.17) is 17.1 Å². The van der Waals surface area contributed by atoms with Crippen LogP contribution in [-0.4, -0.2) is 4.73 Å². The zero-order chi connectivity index (χ0) is 8.97. The molecule has 0 aliphatic carbocycles. The van der Waals surface area contributed by atoms with Crippen molar-refractivity contribution in [1.82, 2.24) is 4.73 Å². The third-order valence-electron chi connectivity index (χ3n) is 1.41. The van der Waals surface area contributed by atoms with Gasteiger partial charge in [0.05, 0.1) is 0 Å². The first-order valence-corrected chi connectivity index (χ1v) is 4.18. The van der Waals surface area contributed by atoms with Gasteiger partial charge in [-0.3, -0.25) is 0 Å². The molecule has 0 bridgehead atoms. The van der Waals surface area contributed by atoms with Crippen molar-refractivity contribution >= 4 is 12.2 Å². The minimum Gasteiger partial charge on any atom is -0.380 e. The van der Waals surface area contributed by atoms with Crippen LogP contribution in [0.1, 0.15) is 13.3 Å². The molecule has 2 nitrogen and oxygen atoms in total. The molecule has 0 fully saturated rings. The van der Waals surface area contributed by atoms with Crippen LogP contribution in [0.3, 0.4) is 0 Å². The van der Waals surface area contributed by atoms with Gasteiger partial charge in [-0.15, -0.1) is 0 Å². The van der Waals surface area contributed by atoms with Crippen molar-refractivity contribution in [3.05, 3.63) is 41.4 Å². The van der Waals surface area contributed by atoms with Crippen LogP contribution in [0.25, 0.3) is 0 Å². The third kappa shape index (κ3) is 2.20. The Morgan fingerprint density at radius 3 is 3.00 bits per heavy atom. The second-order valence-corrected chi connectivity index (χ2v) is 2.77. The maximum absolute atomic E-state index is 5.31. The highest BCUT2D eigenvalue weighted by atomic mass is 32.1. The Morgan fingerprint density at radius 1 is 1.67 bits per heavy atom. The lowest BCUT2D eigenvalue weighted by molar-refractivity contribution is 0.169. The average molecular weight is 181 g/mol. The lowest BCUT2D eigenvalue weighted by Crippen LogP contribution is -2.10.